The summed E-state index contributed by atoms with van der Waals surface area (Å²) >= 11 is 0. The van der Waals surface area contributed by atoms with Gasteiger partial charge in [-0.15, -0.1) is 0 Å². The van der Waals surface area contributed by atoms with Crippen LogP contribution in [0.1, 0.15) is 80.1 Å². The van der Waals surface area contributed by atoms with Crippen molar-refractivity contribution in [1.82, 2.24) is 0 Å². The van der Waals surface area contributed by atoms with E-state index in [-0.39, 0.29) is 12.0 Å². The molecule has 130 valence electrons. The first kappa shape index (κ1) is 18.3. The second-order valence-corrected chi connectivity index (χ2v) is 9.06. The Bertz CT molecular complexity index is 352. The predicted octanol–water partition coefficient (Wildman–Crippen LogP) is 5.24. The quantitative estimate of drug-likeness (QED) is 0.719. The van der Waals surface area contributed by atoms with Gasteiger partial charge in [0.05, 0.1) is 6.10 Å². The van der Waals surface area contributed by atoms with Gasteiger partial charge in [-0.1, -0.05) is 54.4 Å². The maximum absolute atomic E-state index is 11.4. The molecule has 0 aromatic heterocycles. The normalized spacial score (nSPS) is 43.8. The topological polar surface area (TPSA) is 29.5 Å². The van der Waals surface area contributed by atoms with Gasteiger partial charge in [-0.2, -0.15) is 0 Å². The summed E-state index contributed by atoms with van der Waals surface area (Å²) in [5, 5.41) is 11.4. The van der Waals surface area contributed by atoms with E-state index in [2.05, 4.69) is 41.5 Å². The Morgan fingerprint density at radius 2 is 1.55 bits per heavy atom. The van der Waals surface area contributed by atoms with E-state index < -0.39 is 5.79 Å². The highest BCUT2D eigenvalue weighted by atomic mass is 16.6. The third-order valence-electron chi connectivity index (χ3n) is 6.31. The third kappa shape index (κ3) is 4.06. The molecule has 0 aromatic carbocycles. The van der Waals surface area contributed by atoms with Gasteiger partial charge in [0.15, 0.2) is 5.79 Å². The molecule has 0 aliphatic heterocycles. The molecule has 0 saturated heterocycles. The summed E-state index contributed by atoms with van der Waals surface area (Å²) in [4.78, 5) is 0. The molecule has 2 aliphatic carbocycles. The van der Waals surface area contributed by atoms with Crippen LogP contribution in [0.2, 0.25) is 0 Å². The van der Waals surface area contributed by atoms with Crippen LogP contribution in [-0.4, -0.2) is 17.0 Å². The Morgan fingerprint density at radius 1 is 0.909 bits per heavy atom. The molecular formula is C20H38O2. The van der Waals surface area contributed by atoms with Gasteiger partial charge < -0.3 is 9.84 Å². The van der Waals surface area contributed by atoms with Gasteiger partial charge in [-0.3, -0.25) is 0 Å². The van der Waals surface area contributed by atoms with Crippen LogP contribution < -0.4 is 0 Å². The molecule has 0 heterocycles. The van der Waals surface area contributed by atoms with E-state index in [0.29, 0.717) is 23.7 Å². The predicted molar refractivity (Wildman–Crippen MR) is 92.5 cm³/mol. The Morgan fingerprint density at radius 3 is 2.14 bits per heavy atom. The van der Waals surface area contributed by atoms with E-state index in [4.69, 9.17) is 4.74 Å². The van der Waals surface area contributed by atoms with Crippen molar-refractivity contribution in [2.75, 3.05) is 0 Å². The summed E-state index contributed by atoms with van der Waals surface area (Å²) in [6.07, 6.45) is 7.05. The fraction of sp³-hybridized carbons (Fsp3) is 1.00. The van der Waals surface area contributed by atoms with Gasteiger partial charge in [0.1, 0.15) is 0 Å². The summed E-state index contributed by atoms with van der Waals surface area (Å²) in [6, 6.07) is 0. The molecule has 22 heavy (non-hydrogen) atoms. The number of rotatable bonds is 4. The van der Waals surface area contributed by atoms with Gasteiger partial charge in [-0.25, -0.2) is 0 Å². The zero-order valence-electron chi connectivity index (χ0n) is 15.6. The molecule has 0 bridgehead atoms. The van der Waals surface area contributed by atoms with E-state index in [1.807, 2.05) is 0 Å². The van der Waals surface area contributed by atoms with Gasteiger partial charge in [0.25, 0.3) is 0 Å². The van der Waals surface area contributed by atoms with Crippen molar-refractivity contribution in [1.29, 1.82) is 0 Å². The molecule has 0 spiro atoms. The first-order valence-electron chi connectivity index (χ1n) is 9.63. The molecule has 0 amide bonds. The fourth-order valence-electron chi connectivity index (χ4n) is 4.94. The highest BCUT2D eigenvalue weighted by molar-refractivity contribution is 4.90. The van der Waals surface area contributed by atoms with E-state index in [1.54, 1.807) is 0 Å². The van der Waals surface area contributed by atoms with Crippen molar-refractivity contribution in [2.24, 2.45) is 35.5 Å². The maximum Gasteiger partial charge on any atom is 0.169 e. The zero-order chi connectivity index (χ0) is 16.5. The highest BCUT2D eigenvalue weighted by Crippen LogP contribution is 2.45. The molecule has 2 heteroatoms. The number of aliphatic hydroxyl groups is 1. The fourth-order valence-corrected chi connectivity index (χ4v) is 4.94. The monoisotopic (exact) mass is 310 g/mol. The maximum atomic E-state index is 11.4. The number of ether oxygens (including phenoxy) is 1. The zero-order valence-corrected chi connectivity index (χ0v) is 15.6. The lowest BCUT2D eigenvalue weighted by molar-refractivity contribution is -0.300. The second kappa shape index (κ2) is 7.21. The minimum absolute atomic E-state index is 0.236. The van der Waals surface area contributed by atoms with Crippen LogP contribution in [-0.2, 0) is 4.74 Å². The van der Waals surface area contributed by atoms with Crippen molar-refractivity contribution >= 4 is 0 Å². The van der Waals surface area contributed by atoms with Crippen LogP contribution in [0.15, 0.2) is 0 Å². The van der Waals surface area contributed by atoms with Crippen LogP contribution in [0.5, 0.6) is 0 Å². The second-order valence-electron chi connectivity index (χ2n) is 9.06. The third-order valence-corrected chi connectivity index (χ3v) is 6.31. The Balaban J connectivity index is 2.15. The molecular weight excluding hydrogens is 272 g/mol. The van der Waals surface area contributed by atoms with Crippen LogP contribution >= 0.6 is 0 Å². The van der Waals surface area contributed by atoms with Crippen molar-refractivity contribution in [2.45, 2.75) is 92.0 Å². The molecule has 1 N–H and O–H groups in total. The van der Waals surface area contributed by atoms with Gasteiger partial charge in [0.2, 0.25) is 0 Å². The molecule has 2 rings (SSSR count). The van der Waals surface area contributed by atoms with Crippen molar-refractivity contribution in [3.63, 3.8) is 0 Å². The van der Waals surface area contributed by atoms with Crippen molar-refractivity contribution in [3.05, 3.63) is 0 Å². The van der Waals surface area contributed by atoms with Gasteiger partial charge in [-0.05, 0) is 48.9 Å². The first-order chi connectivity index (χ1) is 10.2. The standard InChI is InChI=1S/C20H38O2/c1-13(2)17-9-7-15(5)11-19(17)22-20(21)12-16(6)8-10-18(20)14(3)4/h13-19,21H,7-12H2,1-6H3. The summed E-state index contributed by atoms with van der Waals surface area (Å²) in [6.45, 7) is 13.7. The molecule has 6 unspecified atom stereocenters. The minimum Gasteiger partial charge on any atom is -0.365 e. The average Bonchev–Trinajstić information content (AvgIpc) is 2.36. The largest absolute Gasteiger partial charge is 0.365 e. The van der Waals surface area contributed by atoms with Crippen molar-refractivity contribution < 1.29 is 9.84 Å². The first-order valence-corrected chi connectivity index (χ1v) is 9.63. The Labute approximate surface area is 138 Å². The molecule has 2 saturated carbocycles. The average molecular weight is 311 g/mol. The van der Waals surface area contributed by atoms with Crippen LogP contribution in [0, 0.1) is 35.5 Å². The number of hydrogen-bond donors (Lipinski definition) is 1. The lowest BCUT2D eigenvalue weighted by atomic mass is 9.71. The Hall–Kier alpha value is -0.0800. The smallest absolute Gasteiger partial charge is 0.169 e. The summed E-state index contributed by atoms with van der Waals surface area (Å²) in [5.74, 6) is 2.40. The van der Waals surface area contributed by atoms with Gasteiger partial charge >= 0.3 is 0 Å². The summed E-state index contributed by atoms with van der Waals surface area (Å²) in [5.41, 5.74) is 0. The number of hydrogen-bond acceptors (Lipinski definition) is 2. The lowest BCUT2D eigenvalue weighted by Crippen LogP contribution is -2.52. The molecule has 0 aromatic rings. The molecule has 2 nitrogen and oxygen atoms in total. The SMILES string of the molecule is CC1CCC(C(C)C)C(OC2(O)CC(C)CCC2C(C)C)C1. The van der Waals surface area contributed by atoms with Gasteiger partial charge in [0, 0.05) is 12.3 Å². The summed E-state index contributed by atoms with van der Waals surface area (Å²) in [7, 11) is 0. The molecule has 2 fully saturated rings. The molecule has 2 aliphatic rings. The molecule has 0 radical (unpaired) electrons. The van der Waals surface area contributed by atoms with E-state index in [0.717, 1.165) is 25.2 Å². The van der Waals surface area contributed by atoms with E-state index >= 15 is 0 Å². The Kier molecular flexibility index (Phi) is 5.99. The van der Waals surface area contributed by atoms with Crippen LogP contribution in [0.25, 0.3) is 0 Å². The van der Waals surface area contributed by atoms with E-state index in [1.165, 1.54) is 19.3 Å². The van der Waals surface area contributed by atoms with E-state index in [9.17, 15) is 5.11 Å². The van der Waals surface area contributed by atoms with Crippen molar-refractivity contribution in [3.8, 4) is 0 Å². The van der Waals surface area contributed by atoms with Crippen LogP contribution in [0.3, 0.4) is 0 Å². The van der Waals surface area contributed by atoms with Crippen LogP contribution in [0.4, 0.5) is 0 Å². The lowest BCUT2D eigenvalue weighted by Gasteiger charge is -2.48. The minimum atomic E-state index is -0.902. The molecule has 6 atom stereocenters. The highest BCUT2D eigenvalue weighted by Gasteiger charge is 2.47. The summed E-state index contributed by atoms with van der Waals surface area (Å²) < 4.78 is 6.56.